The molecule has 0 spiro atoms. The number of ether oxygens (including phenoxy) is 1. The van der Waals surface area contributed by atoms with Crippen LogP contribution in [-0.2, 0) is 18.6 Å². The number of hydrogen-bond acceptors (Lipinski definition) is 4. The van der Waals surface area contributed by atoms with Crippen molar-refractivity contribution in [1.29, 1.82) is 0 Å². The van der Waals surface area contributed by atoms with Crippen LogP contribution in [0.1, 0.15) is 48.8 Å². The molecule has 0 bridgehead atoms. The molecule has 1 N–H and O–H groups in total. The third-order valence-corrected chi connectivity index (χ3v) is 6.90. The second-order valence-corrected chi connectivity index (χ2v) is 9.53. The molecule has 0 aliphatic carbocycles. The van der Waals surface area contributed by atoms with E-state index in [0.717, 1.165) is 40.1 Å². The first-order valence-corrected chi connectivity index (χ1v) is 12.1. The molecule has 2 aromatic carbocycles. The van der Waals surface area contributed by atoms with Crippen LogP contribution in [0.3, 0.4) is 0 Å². The van der Waals surface area contributed by atoms with Crippen LogP contribution in [0.2, 0.25) is 0 Å². The topological polar surface area (TPSA) is 69.0 Å². The summed E-state index contributed by atoms with van der Waals surface area (Å²) in [6, 6.07) is 20.4. The zero-order valence-corrected chi connectivity index (χ0v) is 20.4. The van der Waals surface area contributed by atoms with Gasteiger partial charge in [-0.15, -0.1) is 0 Å². The van der Waals surface area contributed by atoms with E-state index in [4.69, 9.17) is 9.84 Å². The van der Waals surface area contributed by atoms with E-state index in [0.29, 0.717) is 25.4 Å². The largest absolute Gasteiger partial charge is 0.489 e. The van der Waals surface area contributed by atoms with Crippen molar-refractivity contribution < 1.29 is 9.53 Å². The summed E-state index contributed by atoms with van der Waals surface area (Å²) in [5.74, 6) is 0.678. The van der Waals surface area contributed by atoms with E-state index in [1.165, 1.54) is 5.56 Å². The maximum atomic E-state index is 12.7. The highest BCUT2D eigenvalue weighted by molar-refractivity contribution is 6.03. The molecule has 1 aliphatic heterocycles. The third kappa shape index (κ3) is 4.56. The van der Waals surface area contributed by atoms with Crippen LogP contribution in [0.4, 0.5) is 0 Å². The predicted octanol–water partition coefficient (Wildman–Crippen LogP) is 5.62. The maximum Gasteiger partial charge on any atom is 0.270 e. The summed E-state index contributed by atoms with van der Waals surface area (Å²) < 4.78 is 7.86. The van der Waals surface area contributed by atoms with Crippen LogP contribution >= 0.6 is 0 Å². The highest BCUT2D eigenvalue weighted by Crippen LogP contribution is 2.36. The van der Waals surface area contributed by atoms with Crippen molar-refractivity contribution in [2.24, 2.45) is 0 Å². The van der Waals surface area contributed by atoms with Gasteiger partial charge in [0.15, 0.2) is 0 Å². The molecule has 5 rings (SSSR count). The number of amides is 1. The van der Waals surface area contributed by atoms with Gasteiger partial charge in [-0.1, -0.05) is 57.2 Å². The van der Waals surface area contributed by atoms with Crippen molar-refractivity contribution >= 4 is 5.91 Å². The number of aromatic nitrogens is 3. The molecule has 3 heterocycles. The van der Waals surface area contributed by atoms with Crippen molar-refractivity contribution in [2.45, 2.75) is 45.8 Å². The number of rotatable bonds is 7. The zero-order chi connectivity index (χ0) is 24.4. The van der Waals surface area contributed by atoms with E-state index in [2.05, 4.69) is 55.3 Å². The fraction of sp³-hybridized carbons (Fsp3) is 0.276. The van der Waals surface area contributed by atoms with Gasteiger partial charge in [0.05, 0.1) is 6.54 Å². The molecule has 178 valence electrons. The minimum atomic E-state index is -0.103. The summed E-state index contributed by atoms with van der Waals surface area (Å²) in [6.45, 7) is 8.47. The van der Waals surface area contributed by atoms with Crippen molar-refractivity contribution in [3.63, 3.8) is 0 Å². The molecule has 0 radical (unpaired) electrons. The first kappa shape index (κ1) is 22.8. The molecule has 0 atom stereocenters. The Hall–Kier alpha value is -3.93. The van der Waals surface area contributed by atoms with Gasteiger partial charge in [-0.3, -0.25) is 14.5 Å². The second kappa shape index (κ2) is 9.37. The Morgan fingerprint density at radius 2 is 1.69 bits per heavy atom. The second-order valence-electron chi connectivity index (χ2n) is 9.53. The molecule has 0 saturated carbocycles. The lowest BCUT2D eigenvalue weighted by Gasteiger charge is -2.23. The van der Waals surface area contributed by atoms with E-state index < -0.39 is 0 Å². The van der Waals surface area contributed by atoms with Gasteiger partial charge in [0.25, 0.3) is 5.91 Å². The van der Waals surface area contributed by atoms with Crippen LogP contribution < -0.4 is 10.1 Å². The van der Waals surface area contributed by atoms with Gasteiger partial charge in [0.2, 0.25) is 0 Å². The lowest BCUT2D eigenvalue weighted by atomic mass is 9.82. The minimum absolute atomic E-state index is 0.103. The highest BCUT2D eigenvalue weighted by atomic mass is 16.5. The van der Waals surface area contributed by atoms with Crippen LogP contribution in [0.15, 0.2) is 73.1 Å². The van der Waals surface area contributed by atoms with E-state index >= 15 is 0 Å². The molecule has 0 saturated heterocycles. The van der Waals surface area contributed by atoms with Crippen LogP contribution in [-0.4, -0.2) is 27.2 Å². The Morgan fingerprint density at radius 3 is 2.37 bits per heavy atom. The number of pyridine rings is 1. The molecule has 1 aliphatic rings. The summed E-state index contributed by atoms with van der Waals surface area (Å²) in [7, 11) is 0. The van der Waals surface area contributed by atoms with Gasteiger partial charge in [-0.05, 0) is 52.8 Å². The molecule has 1 amide bonds. The van der Waals surface area contributed by atoms with Gasteiger partial charge in [0.1, 0.15) is 23.7 Å². The first-order chi connectivity index (χ1) is 17.0. The SMILES string of the molecule is CCC(C)(C)c1ccc(COc2ccc(-c3c(-c4ccncc4)nn4c3C(=O)NCC4)cc2)cc1. The average Bonchev–Trinajstić information content (AvgIpc) is 3.29. The van der Waals surface area contributed by atoms with Crippen molar-refractivity contribution in [3.05, 3.63) is 89.9 Å². The van der Waals surface area contributed by atoms with Crippen molar-refractivity contribution in [1.82, 2.24) is 20.1 Å². The lowest BCUT2D eigenvalue weighted by Crippen LogP contribution is -2.35. The molecule has 2 aromatic heterocycles. The monoisotopic (exact) mass is 466 g/mol. The number of nitrogens with zero attached hydrogens (tertiary/aromatic N) is 3. The van der Waals surface area contributed by atoms with Crippen molar-refractivity contribution in [2.75, 3.05) is 6.54 Å². The number of benzene rings is 2. The van der Waals surface area contributed by atoms with Crippen LogP contribution in [0.25, 0.3) is 22.4 Å². The lowest BCUT2D eigenvalue weighted by molar-refractivity contribution is 0.0925. The molecule has 35 heavy (non-hydrogen) atoms. The number of fused-ring (bicyclic) bond motifs is 1. The number of carbonyl (C=O) groups excluding carboxylic acids is 1. The summed E-state index contributed by atoms with van der Waals surface area (Å²) in [5.41, 5.74) is 6.70. The Balaban J connectivity index is 1.38. The first-order valence-electron chi connectivity index (χ1n) is 12.1. The Bertz CT molecular complexity index is 1320. The van der Waals surface area contributed by atoms with E-state index in [-0.39, 0.29) is 11.3 Å². The Morgan fingerprint density at radius 1 is 0.971 bits per heavy atom. The standard InChI is InChI=1S/C29H30N4O2/c1-4-29(2,3)23-9-5-20(6-10-23)19-35-24-11-7-21(8-12-24)25-26(22-13-15-30-16-14-22)32-33-18-17-31-28(34)27(25)33/h5-16H,4,17-19H2,1-3H3,(H,31,34). The molecular weight excluding hydrogens is 436 g/mol. The quantitative estimate of drug-likeness (QED) is 0.384. The number of hydrogen-bond donors (Lipinski definition) is 1. The van der Waals surface area contributed by atoms with E-state index in [1.807, 2.05) is 36.4 Å². The number of carbonyl (C=O) groups is 1. The van der Waals surface area contributed by atoms with Gasteiger partial charge >= 0.3 is 0 Å². The van der Waals surface area contributed by atoms with Crippen LogP contribution in [0.5, 0.6) is 5.75 Å². The van der Waals surface area contributed by atoms with Crippen LogP contribution in [0, 0.1) is 0 Å². The summed E-state index contributed by atoms with van der Waals surface area (Å²) in [5, 5.41) is 7.72. The molecular formula is C29H30N4O2. The zero-order valence-electron chi connectivity index (χ0n) is 20.4. The smallest absolute Gasteiger partial charge is 0.270 e. The van der Waals surface area contributed by atoms with Gasteiger partial charge in [-0.2, -0.15) is 5.10 Å². The third-order valence-electron chi connectivity index (χ3n) is 6.90. The van der Waals surface area contributed by atoms with Gasteiger partial charge in [0, 0.05) is 30.1 Å². The average molecular weight is 467 g/mol. The molecule has 0 unspecified atom stereocenters. The van der Waals surface area contributed by atoms with Gasteiger partial charge < -0.3 is 10.1 Å². The maximum absolute atomic E-state index is 12.7. The molecule has 6 nitrogen and oxygen atoms in total. The fourth-order valence-corrected chi connectivity index (χ4v) is 4.34. The molecule has 6 heteroatoms. The Labute approximate surface area is 206 Å². The molecule has 4 aromatic rings. The number of nitrogens with one attached hydrogen (secondary N) is 1. The van der Waals surface area contributed by atoms with E-state index in [1.54, 1.807) is 17.1 Å². The fourth-order valence-electron chi connectivity index (χ4n) is 4.34. The van der Waals surface area contributed by atoms with E-state index in [9.17, 15) is 4.79 Å². The highest BCUT2D eigenvalue weighted by Gasteiger charge is 2.28. The van der Waals surface area contributed by atoms with Crippen molar-refractivity contribution in [3.8, 4) is 28.1 Å². The minimum Gasteiger partial charge on any atom is -0.489 e. The Kier molecular flexibility index (Phi) is 6.12. The summed E-state index contributed by atoms with van der Waals surface area (Å²) in [6.07, 6.45) is 4.58. The predicted molar refractivity (Wildman–Crippen MR) is 137 cm³/mol. The summed E-state index contributed by atoms with van der Waals surface area (Å²) in [4.78, 5) is 16.9. The normalized spacial score (nSPS) is 13.3. The molecule has 0 fully saturated rings. The van der Waals surface area contributed by atoms with Gasteiger partial charge in [-0.25, -0.2) is 0 Å². The summed E-state index contributed by atoms with van der Waals surface area (Å²) >= 11 is 0.